The van der Waals surface area contributed by atoms with Crippen LogP contribution in [0.25, 0.3) is 0 Å². The molecule has 0 amide bonds. The van der Waals surface area contributed by atoms with Crippen LogP contribution in [-0.2, 0) is 22.9 Å². The number of nitrogens with zero attached hydrogens (tertiary/aromatic N) is 3. The third-order valence-corrected chi connectivity index (χ3v) is 8.67. The van der Waals surface area contributed by atoms with Gasteiger partial charge in [0.2, 0.25) is 0 Å². The second-order valence-corrected chi connectivity index (χ2v) is 12.2. The predicted octanol–water partition coefficient (Wildman–Crippen LogP) is 3.59. The Labute approximate surface area is 189 Å². The third-order valence-electron chi connectivity index (χ3n) is 6.25. The summed E-state index contributed by atoms with van der Waals surface area (Å²) in [4.78, 5) is 9.39. The van der Waals surface area contributed by atoms with Crippen molar-refractivity contribution in [2.24, 2.45) is 0 Å². The first-order valence-electron chi connectivity index (χ1n) is 10.6. The Morgan fingerprint density at radius 3 is 2.23 bits per heavy atom. The lowest BCUT2D eigenvalue weighted by molar-refractivity contribution is 0.0551. The number of benzene rings is 1. The molecule has 2 aliphatic rings. The second-order valence-electron chi connectivity index (χ2n) is 8.41. The molecule has 0 saturated carbocycles. The summed E-state index contributed by atoms with van der Waals surface area (Å²) in [5, 5.41) is 0. The van der Waals surface area contributed by atoms with Crippen molar-refractivity contribution < 1.29 is 8.42 Å². The average Bonchev–Trinajstić information content (AvgIpc) is 3.13. The van der Waals surface area contributed by atoms with Crippen LogP contribution < -0.4 is 0 Å². The summed E-state index contributed by atoms with van der Waals surface area (Å²) in [7, 11) is -3.18. The first kappa shape index (κ1) is 22.2. The number of thiophene rings is 1. The molecule has 164 valence electrons. The van der Waals surface area contributed by atoms with E-state index in [-0.39, 0.29) is 0 Å². The van der Waals surface area contributed by atoms with Gasteiger partial charge >= 0.3 is 0 Å². The van der Waals surface area contributed by atoms with Gasteiger partial charge in [-0.1, -0.05) is 29.8 Å². The van der Waals surface area contributed by atoms with Gasteiger partial charge < -0.3 is 0 Å². The minimum absolute atomic E-state index is 0.468. The van der Waals surface area contributed by atoms with Crippen molar-refractivity contribution >= 4 is 32.8 Å². The lowest BCUT2D eigenvalue weighted by atomic mass is 10.0. The van der Waals surface area contributed by atoms with Crippen molar-refractivity contribution in [2.45, 2.75) is 36.9 Å². The van der Waals surface area contributed by atoms with Crippen molar-refractivity contribution in [1.82, 2.24) is 14.7 Å². The lowest BCUT2D eigenvalue weighted by Crippen LogP contribution is -2.52. The van der Waals surface area contributed by atoms with Crippen LogP contribution in [0.3, 0.4) is 0 Å². The fourth-order valence-electron chi connectivity index (χ4n) is 4.62. The minimum Gasteiger partial charge on any atom is -0.299 e. The van der Waals surface area contributed by atoms with E-state index >= 15 is 0 Å². The number of likely N-dealkylation sites (tertiary alicyclic amines) is 1. The van der Waals surface area contributed by atoms with Gasteiger partial charge in [-0.25, -0.2) is 8.42 Å². The summed E-state index contributed by atoms with van der Waals surface area (Å²) in [6.07, 6.45) is 3.61. The van der Waals surface area contributed by atoms with E-state index in [9.17, 15) is 8.42 Å². The van der Waals surface area contributed by atoms with Crippen molar-refractivity contribution in [3.05, 3.63) is 51.2 Å². The van der Waals surface area contributed by atoms with Gasteiger partial charge in [-0.2, -0.15) is 0 Å². The van der Waals surface area contributed by atoms with Gasteiger partial charge in [0.25, 0.3) is 0 Å². The zero-order valence-electron chi connectivity index (χ0n) is 17.5. The molecule has 2 saturated heterocycles. The maximum atomic E-state index is 12.1. The molecule has 0 unspecified atom stereocenters. The van der Waals surface area contributed by atoms with Gasteiger partial charge in [-0.05, 0) is 49.7 Å². The Bertz CT molecular complexity index is 947. The molecule has 3 heterocycles. The van der Waals surface area contributed by atoms with Crippen LogP contribution in [0.15, 0.2) is 41.3 Å². The highest BCUT2D eigenvalue weighted by atomic mass is 35.5. The molecule has 0 aliphatic carbocycles. The van der Waals surface area contributed by atoms with Crippen LogP contribution in [0.5, 0.6) is 0 Å². The smallest absolute Gasteiger partial charge is 0.175 e. The largest absolute Gasteiger partial charge is 0.299 e. The van der Waals surface area contributed by atoms with Gasteiger partial charge in [-0.15, -0.1) is 11.3 Å². The molecule has 4 rings (SSSR count). The van der Waals surface area contributed by atoms with Crippen LogP contribution in [-0.4, -0.2) is 74.7 Å². The monoisotopic (exact) mass is 467 g/mol. The Balaban J connectivity index is 1.25. The first-order chi connectivity index (χ1) is 14.4. The van der Waals surface area contributed by atoms with E-state index in [1.54, 1.807) is 23.5 Å². The highest BCUT2D eigenvalue weighted by Crippen LogP contribution is 2.25. The van der Waals surface area contributed by atoms with Crippen LogP contribution in [0.4, 0.5) is 0 Å². The summed E-state index contributed by atoms with van der Waals surface area (Å²) in [6.45, 7) is 8.24. The van der Waals surface area contributed by atoms with E-state index in [4.69, 9.17) is 11.6 Å². The maximum Gasteiger partial charge on any atom is 0.175 e. The summed E-state index contributed by atoms with van der Waals surface area (Å²) < 4.78 is 25.0. The topological polar surface area (TPSA) is 43.9 Å². The summed E-state index contributed by atoms with van der Waals surface area (Å²) in [5.41, 5.74) is 0.917. The summed E-state index contributed by atoms with van der Waals surface area (Å²) in [5.74, 6) is 0. The average molecular weight is 468 g/mol. The molecule has 0 bridgehead atoms. The molecule has 0 radical (unpaired) electrons. The van der Waals surface area contributed by atoms with Gasteiger partial charge in [0, 0.05) is 56.4 Å². The summed E-state index contributed by atoms with van der Waals surface area (Å²) in [6, 6.07) is 12.2. The molecule has 2 fully saturated rings. The molecule has 30 heavy (non-hydrogen) atoms. The fraction of sp³-hybridized carbons (Fsp3) is 0.545. The quantitative estimate of drug-likeness (QED) is 0.649. The van der Waals surface area contributed by atoms with E-state index in [1.807, 2.05) is 18.2 Å². The molecule has 8 heteroatoms. The van der Waals surface area contributed by atoms with E-state index in [0.717, 1.165) is 68.6 Å². The number of piperidine rings is 1. The Kier molecular flexibility index (Phi) is 7.17. The molecular formula is C22H30ClN3O2S2. The Morgan fingerprint density at radius 1 is 0.933 bits per heavy atom. The molecule has 1 aromatic heterocycles. The molecular weight excluding hydrogens is 438 g/mol. The number of hydrogen-bond acceptors (Lipinski definition) is 6. The van der Waals surface area contributed by atoms with Crippen LogP contribution in [0, 0.1) is 0 Å². The van der Waals surface area contributed by atoms with Crippen LogP contribution in [0.2, 0.25) is 4.34 Å². The summed E-state index contributed by atoms with van der Waals surface area (Å²) >= 11 is 7.73. The standard InChI is InChI=1S/C22H30ClN3O2S2/c1-30(27,28)21-5-3-2-4-18(21)16-24-10-8-19(9-11-24)26-14-12-25(13-15-26)17-20-6-7-22(23)29-20/h2-7,19H,8-17H2,1H3. The number of rotatable bonds is 6. The number of sulfone groups is 1. The van der Waals surface area contributed by atoms with E-state index in [1.165, 1.54) is 11.1 Å². The Hall–Kier alpha value is -0.960. The van der Waals surface area contributed by atoms with Crippen molar-refractivity contribution in [2.75, 3.05) is 45.5 Å². The van der Waals surface area contributed by atoms with Crippen LogP contribution >= 0.6 is 22.9 Å². The lowest BCUT2D eigenvalue weighted by Gasteiger charge is -2.42. The number of piperazine rings is 1. The zero-order valence-corrected chi connectivity index (χ0v) is 19.9. The third kappa shape index (κ3) is 5.64. The molecule has 0 atom stereocenters. The molecule has 2 aromatic rings. The minimum atomic E-state index is -3.18. The van der Waals surface area contributed by atoms with Gasteiger partial charge in [0.15, 0.2) is 9.84 Å². The first-order valence-corrected chi connectivity index (χ1v) is 13.7. The molecule has 2 aliphatic heterocycles. The van der Waals surface area contributed by atoms with Crippen molar-refractivity contribution in [3.8, 4) is 0 Å². The van der Waals surface area contributed by atoms with Crippen LogP contribution in [0.1, 0.15) is 23.3 Å². The highest BCUT2D eigenvalue weighted by molar-refractivity contribution is 7.90. The zero-order chi connectivity index (χ0) is 21.1. The maximum absolute atomic E-state index is 12.1. The van der Waals surface area contributed by atoms with E-state index in [2.05, 4.69) is 20.8 Å². The van der Waals surface area contributed by atoms with Gasteiger partial charge in [0.05, 0.1) is 9.23 Å². The Morgan fingerprint density at radius 2 is 1.60 bits per heavy atom. The number of halogens is 1. The highest BCUT2D eigenvalue weighted by Gasteiger charge is 2.28. The molecule has 1 aromatic carbocycles. The molecule has 0 N–H and O–H groups in total. The van der Waals surface area contributed by atoms with E-state index in [0.29, 0.717) is 17.5 Å². The molecule has 0 spiro atoms. The normalized spacial score (nSPS) is 20.6. The van der Waals surface area contributed by atoms with Crippen molar-refractivity contribution in [3.63, 3.8) is 0 Å². The second kappa shape index (κ2) is 9.67. The predicted molar refractivity (Wildman–Crippen MR) is 124 cm³/mol. The fourth-order valence-corrected chi connectivity index (χ4v) is 6.69. The van der Waals surface area contributed by atoms with E-state index < -0.39 is 9.84 Å². The van der Waals surface area contributed by atoms with Gasteiger partial charge in [-0.3, -0.25) is 14.7 Å². The SMILES string of the molecule is CS(=O)(=O)c1ccccc1CN1CCC(N2CCN(Cc3ccc(Cl)s3)CC2)CC1. The molecule has 5 nitrogen and oxygen atoms in total. The number of hydrogen-bond donors (Lipinski definition) is 0. The van der Waals surface area contributed by atoms with Gasteiger partial charge in [0.1, 0.15) is 0 Å². The van der Waals surface area contributed by atoms with Crippen molar-refractivity contribution in [1.29, 1.82) is 0 Å².